The molecule has 0 saturated heterocycles. The number of nitrogens with zero attached hydrogens (tertiary/aromatic N) is 2. The maximum absolute atomic E-state index is 12.7. The first kappa shape index (κ1) is 16.5. The van der Waals surface area contributed by atoms with Gasteiger partial charge in [-0.15, -0.1) is 0 Å². The maximum Gasteiger partial charge on any atom is 0.416 e. The van der Waals surface area contributed by atoms with Crippen LogP contribution in [0.1, 0.15) is 18.1 Å². The van der Waals surface area contributed by atoms with Crippen molar-refractivity contribution >= 4 is 0 Å². The maximum atomic E-state index is 12.7. The van der Waals surface area contributed by atoms with Crippen molar-refractivity contribution in [1.82, 2.24) is 15.1 Å². The van der Waals surface area contributed by atoms with Crippen LogP contribution in [0.5, 0.6) is 0 Å². The van der Waals surface area contributed by atoms with Crippen molar-refractivity contribution in [1.29, 1.82) is 0 Å². The van der Waals surface area contributed by atoms with Crippen LogP contribution in [0.15, 0.2) is 42.7 Å². The van der Waals surface area contributed by atoms with E-state index < -0.39 is 17.3 Å². The van der Waals surface area contributed by atoms with E-state index in [0.717, 1.165) is 12.1 Å². The third kappa shape index (κ3) is 4.32. The Balaban J connectivity index is 1.94. The van der Waals surface area contributed by atoms with Gasteiger partial charge in [0, 0.05) is 25.5 Å². The molecule has 1 aromatic heterocycles. The lowest BCUT2D eigenvalue weighted by atomic mass is 9.94. The topological polar surface area (TPSA) is 50.1 Å². The Bertz CT molecular complexity index is 594. The summed E-state index contributed by atoms with van der Waals surface area (Å²) in [4.78, 5) is 0. The molecule has 2 aromatic rings. The molecule has 1 heterocycles. The Hall–Kier alpha value is -1.86. The molecule has 0 aliphatic rings. The van der Waals surface area contributed by atoms with E-state index in [9.17, 15) is 18.3 Å². The number of aliphatic hydroxyl groups is 1. The average molecular weight is 313 g/mol. The van der Waals surface area contributed by atoms with Crippen molar-refractivity contribution in [2.45, 2.75) is 25.2 Å². The van der Waals surface area contributed by atoms with E-state index in [-0.39, 0.29) is 12.1 Å². The van der Waals surface area contributed by atoms with Gasteiger partial charge in [-0.25, -0.2) is 0 Å². The summed E-state index contributed by atoms with van der Waals surface area (Å²) >= 11 is 0. The second-order valence-corrected chi connectivity index (χ2v) is 5.30. The summed E-state index contributed by atoms with van der Waals surface area (Å²) in [5.74, 6) is 0. The van der Waals surface area contributed by atoms with Gasteiger partial charge in [-0.3, -0.25) is 4.68 Å². The summed E-state index contributed by atoms with van der Waals surface area (Å²) in [5.41, 5.74) is -1.92. The van der Waals surface area contributed by atoms with Crippen LogP contribution in [-0.4, -0.2) is 28.0 Å². The Labute approximate surface area is 126 Å². The van der Waals surface area contributed by atoms with Crippen LogP contribution < -0.4 is 5.32 Å². The summed E-state index contributed by atoms with van der Waals surface area (Å²) in [6.45, 7) is 2.81. The fourth-order valence-electron chi connectivity index (χ4n) is 2.09. The molecule has 4 nitrogen and oxygen atoms in total. The quantitative estimate of drug-likeness (QED) is 0.805. The highest BCUT2D eigenvalue weighted by Gasteiger charge is 2.32. The van der Waals surface area contributed by atoms with Crippen molar-refractivity contribution in [3.8, 4) is 0 Å². The number of alkyl halides is 3. The Morgan fingerprint density at radius 2 is 1.95 bits per heavy atom. The number of hydrogen-bond donors (Lipinski definition) is 2. The lowest BCUT2D eigenvalue weighted by Gasteiger charge is -2.25. The first-order chi connectivity index (χ1) is 10.3. The zero-order valence-electron chi connectivity index (χ0n) is 12.1. The predicted molar refractivity (Wildman–Crippen MR) is 76.1 cm³/mol. The second-order valence-electron chi connectivity index (χ2n) is 5.30. The number of nitrogens with one attached hydrogen (secondary N) is 1. The highest BCUT2D eigenvalue weighted by Crippen LogP contribution is 2.31. The van der Waals surface area contributed by atoms with Crippen LogP contribution in [0.25, 0.3) is 0 Å². The molecule has 1 unspecified atom stereocenters. The number of hydrogen-bond acceptors (Lipinski definition) is 3. The van der Waals surface area contributed by atoms with Gasteiger partial charge in [-0.1, -0.05) is 12.1 Å². The third-order valence-corrected chi connectivity index (χ3v) is 3.36. The van der Waals surface area contributed by atoms with Gasteiger partial charge >= 0.3 is 6.18 Å². The Kier molecular flexibility index (Phi) is 4.87. The summed E-state index contributed by atoms with van der Waals surface area (Å²) in [6.07, 6.45) is -0.939. The molecule has 0 aliphatic heterocycles. The van der Waals surface area contributed by atoms with Gasteiger partial charge in [-0.2, -0.15) is 18.3 Å². The van der Waals surface area contributed by atoms with E-state index in [1.165, 1.54) is 19.1 Å². The molecule has 1 atom stereocenters. The fraction of sp³-hybridized carbons (Fsp3) is 0.400. The lowest BCUT2D eigenvalue weighted by molar-refractivity contribution is -0.137. The average Bonchev–Trinajstić information content (AvgIpc) is 2.96. The molecular weight excluding hydrogens is 295 g/mol. The minimum Gasteiger partial charge on any atom is -0.384 e. The molecule has 0 saturated carbocycles. The molecule has 1 aromatic carbocycles. The number of rotatable bonds is 6. The standard InChI is InChI=1S/C15H18F3N3O/c1-14(22,11-19-7-9-21-8-3-6-20-21)12-4-2-5-13(10-12)15(16,17)18/h2-6,8,10,19,22H,7,9,11H2,1H3. The van der Waals surface area contributed by atoms with Crippen LogP contribution in [0.3, 0.4) is 0 Å². The summed E-state index contributed by atoms with van der Waals surface area (Å²) in [6, 6.07) is 6.57. The van der Waals surface area contributed by atoms with Gasteiger partial charge < -0.3 is 10.4 Å². The van der Waals surface area contributed by atoms with Gasteiger partial charge in [0.05, 0.1) is 17.7 Å². The number of halogens is 3. The molecule has 0 fully saturated rings. The van der Waals surface area contributed by atoms with E-state index in [4.69, 9.17) is 0 Å². The molecule has 0 bridgehead atoms. The smallest absolute Gasteiger partial charge is 0.384 e. The number of benzene rings is 1. The molecule has 2 N–H and O–H groups in total. The van der Waals surface area contributed by atoms with Gasteiger partial charge in [0.15, 0.2) is 0 Å². The molecular formula is C15H18F3N3O. The van der Waals surface area contributed by atoms with Gasteiger partial charge in [0.1, 0.15) is 0 Å². The summed E-state index contributed by atoms with van der Waals surface area (Å²) in [7, 11) is 0. The van der Waals surface area contributed by atoms with Crippen LogP contribution in [0.2, 0.25) is 0 Å². The van der Waals surface area contributed by atoms with Crippen molar-refractivity contribution in [3.63, 3.8) is 0 Å². The molecule has 0 spiro atoms. The van der Waals surface area contributed by atoms with E-state index >= 15 is 0 Å². The Morgan fingerprint density at radius 3 is 2.59 bits per heavy atom. The van der Waals surface area contributed by atoms with Crippen LogP contribution >= 0.6 is 0 Å². The third-order valence-electron chi connectivity index (χ3n) is 3.36. The fourth-order valence-corrected chi connectivity index (χ4v) is 2.09. The van der Waals surface area contributed by atoms with Crippen molar-refractivity contribution < 1.29 is 18.3 Å². The molecule has 2 rings (SSSR count). The molecule has 0 amide bonds. The molecule has 7 heteroatoms. The largest absolute Gasteiger partial charge is 0.416 e. The van der Waals surface area contributed by atoms with Crippen molar-refractivity contribution in [2.75, 3.05) is 13.1 Å². The van der Waals surface area contributed by atoms with Crippen molar-refractivity contribution in [2.24, 2.45) is 0 Å². The van der Waals surface area contributed by atoms with Crippen LogP contribution in [0, 0.1) is 0 Å². The van der Waals surface area contributed by atoms with Crippen LogP contribution in [-0.2, 0) is 18.3 Å². The SMILES string of the molecule is CC(O)(CNCCn1cccn1)c1cccc(C(F)(F)F)c1. The molecule has 22 heavy (non-hydrogen) atoms. The Morgan fingerprint density at radius 1 is 1.23 bits per heavy atom. The molecule has 0 radical (unpaired) electrons. The minimum absolute atomic E-state index is 0.148. The second kappa shape index (κ2) is 6.50. The monoisotopic (exact) mass is 313 g/mol. The summed E-state index contributed by atoms with van der Waals surface area (Å²) < 4.78 is 39.9. The van der Waals surface area contributed by atoms with Gasteiger partial charge in [0.2, 0.25) is 0 Å². The minimum atomic E-state index is -4.42. The van der Waals surface area contributed by atoms with Crippen LogP contribution in [0.4, 0.5) is 13.2 Å². The van der Waals surface area contributed by atoms with Crippen molar-refractivity contribution in [3.05, 3.63) is 53.9 Å². The van der Waals surface area contributed by atoms with E-state index in [0.29, 0.717) is 13.1 Å². The molecule has 120 valence electrons. The zero-order chi connectivity index (χ0) is 16.2. The zero-order valence-corrected chi connectivity index (χ0v) is 12.1. The van der Waals surface area contributed by atoms with Gasteiger partial charge in [0.25, 0.3) is 0 Å². The molecule has 0 aliphatic carbocycles. The van der Waals surface area contributed by atoms with E-state index in [1.54, 1.807) is 16.9 Å². The number of aromatic nitrogens is 2. The van der Waals surface area contributed by atoms with E-state index in [1.807, 2.05) is 6.20 Å². The lowest BCUT2D eigenvalue weighted by Crippen LogP contribution is -2.37. The first-order valence-corrected chi connectivity index (χ1v) is 6.87. The highest BCUT2D eigenvalue weighted by atomic mass is 19.4. The van der Waals surface area contributed by atoms with Gasteiger partial charge in [-0.05, 0) is 30.7 Å². The normalized spacial score (nSPS) is 14.8. The summed E-state index contributed by atoms with van der Waals surface area (Å²) in [5, 5.41) is 17.4. The highest BCUT2D eigenvalue weighted by molar-refractivity contribution is 5.29. The van der Waals surface area contributed by atoms with E-state index in [2.05, 4.69) is 10.4 Å². The predicted octanol–water partition coefficient (Wildman–Crippen LogP) is 2.40. The first-order valence-electron chi connectivity index (χ1n) is 6.87.